The van der Waals surface area contributed by atoms with Crippen LogP contribution in [0.15, 0.2) is 83.3 Å². The Morgan fingerprint density at radius 1 is 0.846 bits per heavy atom. The number of aromatic nitrogens is 1. The van der Waals surface area contributed by atoms with E-state index in [0.29, 0.717) is 17.3 Å². The van der Waals surface area contributed by atoms with Gasteiger partial charge in [0, 0.05) is 25.0 Å². The molecule has 0 atom stereocenters. The molecule has 0 spiro atoms. The Kier molecular flexibility index (Phi) is 6.28. The minimum absolute atomic E-state index is 0. The number of rotatable bonds is 6. The average molecular weight is 415 g/mol. The molecule has 0 radical (unpaired) electrons. The number of hydrogen-bond acceptors (Lipinski definition) is 5. The van der Waals surface area contributed by atoms with Gasteiger partial charge in [0.2, 0.25) is 5.89 Å². The van der Waals surface area contributed by atoms with Gasteiger partial charge in [-0.25, -0.2) is 4.98 Å². The topological polar surface area (TPSA) is 58.6 Å². The predicted molar refractivity (Wildman–Crippen MR) is 98.2 cm³/mol. The van der Waals surface area contributed by atoms with E-state index in [-0.39, 0.29) is 19.5 Å². The van der Waals surface area contributed by atoms with E-state index in [9.17, 15) is 0 Å². The van der Waals surface area contributed by atoms with Crippen molar-refractivity contribution in [3.63, 3.8) is 0 Å². The molecule has 0 aliphatic heterocycles. The molecular weight excluding hydrogens is 402 g/mol. The zero-order valence-electron chi connectivity index (χ0n) is 13.7. The maximum Gasteiger partial charge on any atom is 0.226 e. The Bertz CT molecular complexity index is 946. The van der Waals surface area contributed by atoms with Crippen LogP contribution in [-0.2, 0) is 23.8 Å². The monoisotopic (exact) mass is 413 g/mol. The normalized spacial score (nSPS) is 10.3. The zero-order chi connectivity index (χ0) is 16.9. The van der Waals surface area contributed by atoms with E-state index in [1.165, 1.54) is 0 Å². The van der Waals surface area contributed by atoms with Gasteiger partial charge in [0.15, 0.2) is 11.3 Å². The van der Waals surface area contributed by atoms with Crippen LogP contribution in [-0.4, -0.2) is 4.98 Å². The van der Waals surface area contributed by atoms with E-state index in [1.54, 1.807) is 12.1 Å². The Morgan fingerprint density at radius 3 is 2.42 bits per heavy atom. The van der Waals surface area contributed by atoms with Gasteiger partial charge in [-0.05, 0) is 36.5 Å². The summed E-state index contributed by atoms with van der Waals surface area (Å²) in [5.74, 6) is 1.13. The van der Waals surface area contributed by atoms with E-state index in [1.807, 2.05) is 66.7 Å². The Labute approximate surface area is 167 Å². The second-order valence-corrected chi connectivity index (χ2v) is 5.60. The summed E-state index contributed by atoms with van der Waals surface area (Å²) in [5, 5.41) is 0. The molecule has 0 aliphatic rings. The summed E-state index contributed by atoms with van der Waals surface area (Å²) in [6.07, 6.45) is 0. The van der Waals surface area contributed by atoms with Gasteiger partial charge in [-0.2, -0.15) is 0 Å². The SMILES string of the molecule is [Zn].c1ccc(OOS[N-]c2ccccc2-c2nc3ccccc3o2)cc1. The number of benzene rings is 3. The molecule has 1 aromatic heterocycles. The summed E-state index contributed by atoms with van der Waals surface area (Å²) in [6.45, 7) is 0. The van der Waals surface area contributed by atoms with Crippen LogP contribution in [0.3, 0.4) is 0 Å². The molecule has 4 rings (SSSR count). The molecule has 5 nitrogen and oxygen atoms in total. The third-order valence-corrected chi connectivity index (χ3v) is 3.87. The molecule has 1 heterocycles. The smallest absolute Gasteiger partial charge is 0.226 e. The maximum absolute atomic E-state index is 5.82. The first kappa shape index (κ1) is 18.5. The first-order chi connectivity index (χ1) is 12.4. The minimum atomic E-state index is 0. The van der Waals surface area contributed by atoms with Gasteiger partial charge in [-0.3, -0.25) is 0 Å². The van der Waals surface area contributed by atoms with Gasteiger partial charge in [0.05, 0.1) is 0 Å². The largest absolute Gasteiger partial charge is 0.603 e. The van der Waals surface area contributed by atoms with E-state index in [4.69, 9.17) is 13.6 Å². The van der Waals surface area contributed by atoms with Gasteiger partial charge in [-0.1, -0.05) is 54.6 Å². The van der Waals surface area contributed by atoms with Crippen molar-refractivity contribution >= 4 is 29.0 Å². The minimum Gasteiger partial charge on any atom is -0.603 e. The van der Waals surface area contributed by atoms with Crippen molar-refractivity contribution in [2.75, 3.05) is 0 Å². The van der Waals surface area contributed by atoms with Crippen molar-refractivity contribution < 1.29 is 33.1 Å². The summed E-state index contributed by atoms with van der Waals surface area (Å²) in [4.78, 5) is 9.66. The number of oxazole rings is 1. The fourth-order valence-corrected chi connectivity index (χ4v) is 2.69. The molecule has 0 N–H and O–H groups in total. The van der Waals surface area contributed by atoms with E-state index in [2.05, 4.69) is 9.71 Å². The molecule has 3 aromatic carbocycles. The molecule has 26 heavy (non-hydrogen) atoms. The Morgan fingerprint density at radius 2 is 1.58 bits per heavy atom. The number of hydrogen-bond donors (Lipinski definition) is 0. The van der Waals surface area contributed by atoms with Gasteiger partial charge >= 0.3 is 0 Å². The summed E-state index contributed by atoms with van der Waals surface area (Å²) in [5.41, 5.74) is 3.03. The van der Waals surface area contributed by atoms with Crippen LogP contribution >= 0.6 is 12.2 Å². The standard InChI is InChI=1S/C19H13N2O3S.Zn/c1-2-8-14(9-3-1)23-24-25-21-16-11-5-4-10-15(16)19-20-17-12-6-7-13-18(17)22-19;/h1-13H;/q-1;. The van der Waals surface area contributed by atoms with Crippen LogP contribution in [0.5, 0.6) is 5.75 Å². The summed E-state index contributed by atoms with van der Waals surface area (Å²) in [6, 6.07) is 24.4. The molecule has 0 fully saturated rings. The fraction of sp³-hybridized carbons (Fsp3) is 0. The van der Waals surface area contributed by atoms with Crippen molar-refractivity contribution in [2.45, 2.75) is 0 Å². The van der Waals surface area contributed by atoms with Gasteiger partial charge in [0.25, 0.3) is 0 Å². The molecule has 4 aromatic rings. The summed E-state index contributed by atoms with van der Waals surface area (Å²) >= 11 is 0.850. The zero-order valence-corrected chi connectivity index (χ0v) is 17.5. The quantitative estimate of drug-likeness (QED) is 0.0956. The second-order valence-electron chi connectivity index (χ2n) is 5.13. The molecule has 126 valence electrons. The molecule has 0 bridgehead atoms. The summed E-state index contributed by atoms with van der Waals surface area (Å²) < 4.78 is 15.2. The van der Waals surface area contributed by atoms with Crippen LogP contribution in [0.4, 0.5) is 5.69 Å². The van der Waals surface area contributed by atoms with Crippen LogP contribution in [0.25, 0.3) is 27.3 Å². The van der Waals surface area contributed by atoms with Crippen LogP contribution < -0.4 is 4.89 Å². The number of nitrogens with zero attached hydrogens (tertiary/aromatic N) is 2. The van der Waals surface area contributed by atoms with Crippen molar-refractivity contribution in [1.29, 1.82) is 0 Å². The van der Waals surface area contributed by atoms with Crippen molar-refractivity contribution in [3.05, 3.63) is 83.6 Å². The van der Waals surface area contributed by atoms with Crippen LogP contribution in [0.2, 0.25) is 0 Å². The molecule has 0 saturated carbocycles. The third-order valence-electron chi connectivity index (χ3n) is 3.47. The first-order valence-corrected chi connectivity index (χ1v) is 8.31. The van der Waals surface area contributed by atoms with Gasteiger partial charge in [-0.15, -0.1) is 10.0 Å². The molecule has 0 aliphatic carbocycles. The van der Waals surface area contributed by atoms with Gasteiger partial charge in [0.1, 0.15) is 5.52 Å². The predicted octanol–water partition coefficient (Wildman–Crippen LogP) is 6.07. The third kappa shape index (κ3) is 4.25. The van der Waals surface area contributed by atoms with Crippen LogP contribution in [0, 0.1) is 0 Å². The van der Waals surface area contributed by atoms with E-state index < -0.39 is 0 Å². The Balaban J connectivity index is 0.00000196. The number of para-hydroxylation sites is 3. The molecule has 0 saturated heterocycles. The molecular formula is C19H13N2O3SZn-. The van der Waals surface area contributed by atoms with Crippen molar-refractivity contribution in [3.8, 4) is 17.2 Å². The molecule has 7 heteroatoms. The summed E-state index contributed by atoms with van der Waals surface area (Å²) in [7, 11) is 0. The van der Waals surface area contributed by atoms with E-state index >= 15 is 0 Å². The molecule has 0 amide bonds. The Hall–Kier alpha value is -2.34. The second kappa shape index (κ2) is 8.85. The van der Waals surface area contributed by atoms with Crippen molar-refractivity contribution in [2.24, 2.45) is 0 Å². The van der Waals surface area contributed by atoms with Crippen LogP contribution in [0.1, 0.15) is 0 Å². The van der Waals surface area contributed by atoms with Gasteiger partial charge < -0.3 is 14.0 Å². The number of fused-ring (bicyclic) bond motifs is 1. The first-order valence-electron chi connectivity index (χ1n) is 7.61. The van der Waals surface area contributed by atoms with E-state index in [0.717, 1.165) is 28.9 Å². The fourth-order valence-electron chi connectivity index (χ4n) is 2.31. The maximum atomic E-state index is 5.82. The molecule has 0 unspecified atom stereocenters. The van der Waals surface area contributed by atoms with Crippen molar-refractivity contribution in [1.82, 2.24) is 4.98 Å². The average Bonchev–Trinajstić information content (AvgIpc) is 3.10.